The van der Waals surface area contributed by atoms with Crippen molar-refractivity contribution in [1.29, 1.82) is 0 Å². The maximum Gasteiger partial charge on any atom is 0.354 e. The quantitative estimate of drug-likeness (QED) is 0.578. The molecule has 0 bridgehead atoms. The number of rotatable bonds is 2. The van der Waals surface area contributed by atoms with Crippen LogP contribution in [-0.2, 0) is 0 Å². The molecule has 1 heterocycles. The lowest BCUT2D eigenvalue weighted by molar-refractivity contribution is 0.0689. The molecule has 0 saturated carbocycles. The van der Waals surface area contributed by atoms with Crippen LogP contribution >= 0.6 is 0 Å². The van der Waals surface area contributed by atoms with Gasteiger partial charge in [-0.05, 0) is 0 Å². The second kappa shape index (κ2) is 5.56. The summed E-state index contributed by atoms with van der Waals surface area (Å²) in [6.07, 6.45) is 0.896. The van der Waals surface area contributed by atoms with E-state index in [0.717, 1.165) is 12.4 Å². The monoisotopic (exact) mass is 204 g/mol. The molecule has 0 unspecified atom stereocenters. The third-order valence-corrected chi connectivity index (χ3v) is 1.11. The van der Waals surface area contributed by atoms with Gasteiger partial charge in [-0.15, -0.1) is 0 Å². The first kappa shape index (κ1) is 14.5. The number of nitrogens with zero attached hydrogens (tertiary/aromatic N) is 2. The molecule has 0 aliphatic heterocycles. The third-order valence-electron chi connectivity index (χ3n) is 1.11. The standard InChI is InChI=1S/C6H4N2O4.2H2O/c9-5(10)3-1-4(6(11)12)8-2-7-3;;/h1-2H,(H,9,10)(H,11,12);2*1H2. The predicted octanol–water partition coefficient (Wildman–Crippen LogP) is -1.78. The Bertz CT molecular complexity index is 310. The molecule has 0 radical (unpaired) electrons. The molecule has 8 nitrogen and oxygen atoms in total. The zero-order valence-corrected chi connectivity index (χ0v) is 6.76. The second-order valence-electron chi connectivity index (χ2n) is 1.90. The predicted molar refractivity (Wildman–Crippen MR) is 43.2 cm³/mol. The summed E-state index contributed by atoms with van der Waals surface area (Å²) in [4.78, 5) is 27.3. The van der Waals surface area contributed by atoms with Crippen LogP contribution < -0.4 is 0 Å². The van der Waals surface area contributed by atoms with E-state index in [4.69, 9.17) is 10.2 Å². The number of hydrogen-bond donors (Lipinski definition) is 2. The van der Waals surface area contributed by atoms with E-state index in [2.05, 4.69) is 9.97 Å². The fourth-order valence-electron chi connectivity index (χ4n) is 0.591. The molecule has 0 spiro atoms. The Morgan fingerprint density at radius 1 is 1.00 bits per heavy atom. The summed E-state index contributed by atoms with van der Waals surface area (Å²) in [6, 6.07) is 0.894. The molecule has 0 fully saturated rings. The minimum atomic E-state index is -1.28. The average Bonchev–Trinajstić information content (AvgIpc) is 2.04. The van der Waals surface area contributed by atoms with Crippen molar-refractivity contribution in [1.82, 2.24) is 9.97 Å². The van der Waals surface area contributed by atoms with Crippen LogP contribution in [0.5, 0.6) is 0 Å². The summed E-state index contributed by atoms with van der Waals surface area (Å²) < 4.78 is 0. The third kappa shape index (κ3) is 3.13. The topological polar surface area (TPSA) is 163 Å². The van der Waals surface area contributed by atoms with E-state index in [1.165, 1.54) is 0 Å². The highest BCUT2D eigenvalue weighted by atomic mass is 16.4. The van der Waals surface area contributed by atoms with Crippen LogP contribution in [0.3, 0.4) is 0 Å². The Morgan fingerprint density at radius 2 is 1.36 bits per heavy atom. The minimum absolute atomic E-state index is 0. The van der Waals surface area contributed by atoms with E-state index in [1.807, 2.05) is 0 Å². The van der Waals surface area contributed by atoms with E-state index in [9.17, 15) is 9.59 Å². The van der Waals surface area contributed by atoms with Gasteiger partial charge in [-0.2, -0.15) is 0 Å². The summed E-state index contributed by atoms with van der Waals surface area (Å²) in [5.74, 6) is -2.56. The summed E-state index contributed by atoms with van der Waals surface area (Å²) in [5, 5.41) is 16.8. The van der Waals surface area contributed by atoms with Crippen molar-refractivity contribution in [2.45, 2.75) is 0 Å². The molecule has 0 amide bonds. The van der Waals surface area contributed by atoms with Gasteiger partial charge in [0.25, 0.3) is 0 Å². The number of hydrogen-bond acceptors (Lipinski definition) is 4. The number of aromatic carboxylic acids is 2. The smallest absolute Gasteiger partial charge is 0.354 e. The Hall–Kier alpha value is -2.06. The lowest BCUT2D eigenvalue weighted by atomic mass is 10.3. The van der Waals surface area contributed by atoms with Crippen molar-refractivity contribution in [3.05, 3.63) is 23.8 Å². The van der Waals surface area contributed by atoms with Crippen LogP contribution in [-0.4, -0.2) is 43.1 Å². The van der Waals surface area contributed by atoms with Crippen LogP contribution in [0.2, 0.25) is 0 Å². The fraction of sp³-hybridized carbons (Fsp3) is 0. The normalized spacial score (nSPS) is 8.00. The van der Waals surface area contributed by atoms with Crippen molar-refractivity contribution in [3.8, 4) is 0 Å². The largest absolute Gasteiger partial charge is 0.477 e. The highest BCUT2D eigenvalue weighted by Gasteiger charge is 2.09. The van der Waals surface area contributed by atoms with Gasteiger partial charge in [0, 0.05) is 6.07 Å². The Morgan fingerprint density at radius 3 is 1.64 bits per heavy atom. The van der Waals surface area contributed by atoms with Gasteiger partial charge in [0.1, 0.15) is 6.33 Å². The molecule has 8 heteroatoms. The molecule has 0 aliphatic carbocycles. The van der Waals surface area contributed by atoms with Crippen LogP contribution in [0, 0.1) is 0 Å². The van der Waals surface area contributed by atoms with Crippen molar-refractivity contribution >= 4 is 11.9 Å². The first-order valence-corrected chi connectivity index (χ1v) is 2.90. The van der Waals surface area contributed by atoms with Crippen LogP contribution in [0.15, 0.2) is 12.4 Å². The summed E-state index contributed by atoms with van der Waals surface area (Å²) in [7, 11) is 0. The number of carboxylic acids is 2. The van der Waals surface area contributed by atoms with Crippen LogP contribution in [0.25, 0.3) is 0 Å². The summed E-state index contributed by atoms with van der Waals surface area (Å²) >= 11 is 0. The molecular formula is C6H8N2O6. The molecular weight excluding hydrogens is 196 g/mol. The minimum Gasteiger partial charge on any atom is -0.477 e. The van der Waals surface area contributed by atoms with Gasteiger partial charge in [0.05, 0.1) is 0 Å². The molecule has 1 aromatic heterocycles. The Kier molecular flexibility index (Phi) is 5.75. The first-order valence-electron chi connectivity index (χ1n) is 2.90. The van der Waals surface area contributed by atoms with Crippen molar-refractivity contribution < 1.29 is 30.8 Å². The molecule has 6 N–H and O–H groups in total. The van der Waals surface area contributed by atoms with Crippen molar-refractivity contribution in [2.24, 2.45) is 0 Å². The Balaban J connectivity index is 0. The van der Waals surface area contributed by atoms with Crippen molar-refractivity contribution in [2.75, 3.05) is 0 Å². The molecule has 1 aromatic rings. The van der Waals surface area contributed by atoms with Gasteiger partial charge in [0.15, 0.2) is 11.4 Å². The lowest BCUT2D eigenvalue weighted by Crippen LogP contribution is -2.06. The van der Waals surface area contributed by atoms with E-state index >= 15 is 0 Å². The highest BCUT2D eigenvalue weighted by molar-refractivity contribution is 5.90. The molecule has 0 atom stereocenters. The number of carbonyl (C=O) groups is 2. The van der Waals surface area contributed by atoms with Crippen molar-refractivity contribution in [3.63, 3.8) is 0 Å². The first-order chi connectivity index (χ1) is 5.61. The molecule has 1 rings (SSSR count). The SMILES string of the molecule is O.O.O=C(O)c1cc(C(=O)O)ncn1. The molecule has 0 saturated heterocycles. The van der Waals surface area contributed by atoms with Gasteiger partial charge in [-0.3, -0.25) is 0 Å². The highest BCUT2D eigenvalue weighted by Crippen LogP contribution is 1.97. The molecule has 14 heavy (non-hydrogen) atoms. The fourth-order valence-corrected chi connectivity index (χ4v) is 0.591. The summed E-state index contributed by atoms with van der Waals surface area (Å²) in [5.41, 5.74) is -0.662. The molecule has 0 aliphatic rings. The van der Waals surface area contributed by atoms with E-state index in [0.29, 0.717) is 0 Å². The summed E-state index contributed by atoms with van der Waals surface area (Å²) in [6.45, 7) is 0. The van der Waals surface area contributed by atoms with Crippen LogP contribution in [0.1, 0.15) is 21.0 Å². The van der Waals surface area contributed by atoms with Gasteiger partial charge < -0.3 is 21.2 Å². The number of aromatic nitrogens is 2. The maximum absolute atomic E-state index is 10.3. The maximum atomic E-state index is 10.3. The lowest BCUT2D eigenvalue weighted by Gasteiger charge is -1.93. The van der Waals surface area contributed by atoms with Crippen LogP contribution in [0.4, 0.5) is 0 Å². The zero-order chi connectivity index (χ0) is 9.14. The van der Waals surface area contributed by atoms with E-state index < -0.39 is 11.9 Å². The Labute approximate surface area is 77.5 Å². The zero-order valence-electron chi connectivity index (χ0n) is 6.76. The van der Waals surface area contributed by atoms with Gasteiger partial charge >= 0.3 is 11.9 Å². The van der Waals surface area contributed by atoms with Gasteiger partial charge in [0.2, 0.25) is 0 Å². The van der Waals surface area contributed by atoms with E-state index in [-0.39, 0.29) is 22.3 Å². The number of carboxylic acid groups (broad SMARTS) is 2. The molecule has 0 aromatic carbocycles. The average molecular weight is 204 g/mol. The van der Waals surface area contributed by atoms with Gasteiger partial charge in [-0.1, -0.05) is 0 Å². The second-order valence-corrected chi connectivity index (χ2v) is 1.90. The van der Waals surface area contributed by atoms with E-state index in [1.54, 1.807) is 0 Å². The molecule has 78 valence electrons. The van der Waals surface area contributed by atoms with Gasteiger partial charge in [-0.25, -0.2) is 19.6 Å².